The first kappa shape index (κ1) is 39.6. The number of halogens is 2. The Morgan fingerprint density at radius 2 is 1.83 bits per heavy atom. The summed E-state index contributed by atoms with van der Waals surface area (Å²) >= 11 is 8.14. The van der Waals surface area contributed by atoms with Gasteiger partial charge in [-0.1, -0.05) is 30.9 Å². The number of nitrogens with one attached hydrogen (secondary N) is 1. The van der Waals surface area contributed by atoms with Gasteiger partial charge in [0.2, 0.25) is 5.91 Å². The van der Waals surface area contributed by atoms with Crippen LogP contribution in [-0.4, -0.2) is 79.5 Å². The molecule has 0 spiro atoms. The minimum absolute atomic E-state index is 0. The van der Waals surface area contributed by atoms with E-state index in [2.05, 4.69) is 5.32 Å². The summed E-state index contributed by atoms with van der Waals surface area (Å²) in [5.74, 6) is -5.34. The number of hydrogen-bond acceptors (Lipinski definition) is 11. The van der Waals surface area contributed by atoms with E-state index in [1.54, 1.807) is 4.90 Å². The molecule has 11 nitrogen and oxygen atoms in total. The molecule has 2 unspecified atom stereocenters. The van der Waals surface area contributed by atoms with E-state index in [-0.39, 0.29) is 106 Å². The molecule has 1 amide bonds. The molecule has 18 heteroatoms. The van der Waals surface area contributed by atoms with Gasteiger partial charge in [-0.2, -0.15) is 0 Å². The van der Waals surface area contributed by atoms with E-state index in [9.17, 15) is 34.5 Å². The maximum atomic E-state index is 16.0. The van der Waals surface area contributed by atoms with Crippen molar-refractivity contribution in [1.82, 2.24) is 14.8 Å². The number of amides is 1. The van der Waals surface area contributed by atoms with Gasteiger partial charge in [0.25, 0.3) is 0 Å². The number of fused-ring (bicyclic) bond motifs is 2. The molecule has 3 aliphatic heterocycles. The third-order valence-corrected chi connectivity index (χ3v) is 11.8. The molecule has 246 valence electrons. The van der Waals surface area contributed by atoms with Gasteiger partial charge in [0, 0.05) is 53.7 Å². The number of thiocarbonyl (C=S) groups is 1. The molecule has 4 aliphatic rings. The summed E-state index contributed by atoms with van der Waals surface area (Å²) in [5.41, 5.74) is -2.18. The van der Waals surface area contributed by atoms with Crippen molar-refractivity contribution in [2.45, 2.75) is 57.3 Å². The molecule has 2 saturated heterocycles. The van der Waals surface area contributed by atoms with Crippen molar-refractivity contribution in [3.63, 3.8) is 0 Å². The van der Waals surface area contributed by atoms with Crippen LogP contribution in [0.15, 0.2) is 27.7 Å². The van der Waals surface area contributed by atoms with E-state index in [1.807, 2.05) is 6.92 Å². The maximum Gasteiger partial charge on any atom is 1.00 e. The summed E-state index contributed by atoms with van der Waals surface area (Å²) in [4.78, 5) is 51.9. The number of pyridine rings is 1. The van der Waals surface area contributed by atoms with Crippen LogP contribution >= 0.6 is 35.7 Å². The average Bonchev–Trinajstić information content (AvgIpc) is 3.67. The van der Waals surface area contributed by atoms with Crippen LogP contribution < -0.4 is 85.0 Å². The summed E-state index contributed by atoms with van der Waals surface area (Å²) in [5, 5.41) is 36.2. The number of rotatable bonds is 10. The second kappa shape index (κ2) is 15.6. The number of carbonyl (C=O) groups is 3. The first-order valence-corrected chi connectivity index (χ1v) is 17.3. The van der Waals surface area contributed by atoms with Crippen LogP contribution in [0.3, 0.4) is 0 Å². The van der Waals surface area contributed by atoms with E-state index in [0.717, 1.165) is 12.3 Å². The number of nitrogens with zero attached hydrogens (tertiary/aromatic N) is 3. The van der Waals surface area contributed by atoms with Crippen LogP contribution in [0.1, 0.15) is 49.5 Å². The van der Waals surface area contributed by atoms with Gasteiger partial charge in [-0.05, 0) is 32.3 Å². The van der Waals surface area contributed by atoms with Gasteiger partial charge in [0.1, 0.15) is 15.8 Å². The second-order valence-corrected chi connectivity index (χ2v) is 14.9. The standard InChI is InChI=1S/C30H32F2N4O7S3.2Na/c1-12-21-19(13(2)37)27(39)36(21)24(29(42)43)26(12)45-7-8-46-30(44)33-14-5-6-34(10-14)23-18(31)9-16-22(20(23)32)35(15-3-4-15)11-17(25(16)38)28(40)41;;/h9,11-15,19,21,37H,3-8,10H2,1-2H3,(H,33,44)(H,40,41)(H,42,43);;/q;2*+1/p-2/t12?,13-,14?,19+,21+;;/m1../s1. The Bertz CT molecular complexity index is 1770. The summed E-state index contributed by atoms with van der Waals surface area (Å²) in [7, 11) is 0. The van der Waals surface area contributed by atoms with Gasteiger partial charge in [0.15, 0.2) is 11.2 Å². The molecule has 0 bridgehead atoms. The molecule has 4 heterocycles. The number of β-lactam (4-membered cyclic amide) rings is 1. The summed E-state index contributed by atoms with van der Waals surface area (Å²) in [6.45, 7) is 3.89. The van der Waals surface area contributed by atoms with E-state index >= 15 is 8.78 Å². The molecule has 48 heavy (non-hydrogen) atoms. The molecule has 0 radical (unpaired) electrons. The van der Waals surface area contributed by atoms with Crippen molar-refractivity contribution in [2.24, 2.45) is 11.8 Å². The number of anilines is 1. The Hall–Kier alpha value is -1.21. The number of thioether (sulfide) groups is 2. The SMILES string of the molecule is CC1C(SCCSC(=S)NC2CCN(c3c(F)cc4c(=O)c(C(=O)[O-])cn(C5CC5)c4c3F)C2)=C(C(=O)[O-])N2C(=O)[C@@H]([C@@H](C)O)[C@H]12.[Na+].[Na+]. The number of hydrogen-bond donors (Lipinski definition) is 2. The second-order valence-electron chi connectivity index (χ2n) is 12.0. The van der Waals surface area contributed by atoms with Crippen molar-refractivity contribution in [2.75, 3.05) is 29.5 Å². The fraction of sp³-hybridized carbons (Fsp3) is 0.500. The van der Waals surface area contributed by atoms with Crippen LogP contribution in [0.4, 0.5) is 14.5 Å². The zero-order valence-electron chi connectivity index (χ0n) is 26.8. The number of aliphatic hydroxyl groups excluding tert-OH is 1. The first-order valence-electron chi connectivity index (χ1n) is 14.9. The van der Waals surface area contributed by atoms with E-state index in [0.29, 0.717) is 46.5 Å². The Morgan fingerprint density at radius 3 is 2.44 bits per heavy atom. The van der Waals surface area contributed by atoms with E-state index in [4.69, 9.17) is 12.2 Å². The predicted molar refractivity (Wildman–Crippen MR) is 169 cm³/mol. The van der Waals surface area contributed by atoms with Gasteiger partial charge < -0.3 is 44.6 Å². The zero-order valence-corrected chi connectivity index (χ0v) is 33.2. The number of carboxylic acids is 2. The molecular weight excluding hydrogens is 709 g/mol. The Balaban J connectivity index is 0.00000260. The van der Waals surface area contributed by atoms with Crippen molar-refractivity contribution in [3.05, 3.63) is 50.3 Å². The number of benzene rings is 1. The Kier molecular flexibility index (Phi) is 12.8. The summed E-state index contributed by atoms with van der Waals surface area (Å²) in [6.07, 6.45) is 2.08. The molecule has 1 saturated carbocycles. The minimum atomic E-state index is -1.70. The van der Waals surface area contributed by atoms with Crippen LogP contribution in [0.2, 0.25) is 0 Å². The number of carboxylic acid groups (broad SMARTS) is 2. The summed E-state index contributed by atoms with van der Waals surface area (Å²) in [6, 6.07) is 0.0748. The Labute approximate surface area is 332 Å². The number of aliphatic carboxylic acids is 1. The van der Waals surface area contributed by atoms with E-state index in [1.165, 1.54) is 39.9 Å². The predicted octanol–water partition coefficient (Wildman–Crippen LogP) is -5.28. The molecule has 1 aromatic carbocycles. The van der Waals surface area contributed by atoms with Crippen LogP contribution in [0.5, 0.6) is 0 Å². The molecular formula is C30H30F2N4Na2O7S3. The largest absolute Gasteiger partial charge is 1.00 e. The van der Waals surface area contributed by atoms with Crippen molar-refractivity contribution >= 4 is 74.5 Å². The maximum absolute atomic E-state index is 16.0. The van der Waals surface area contributed by atoms with Crippen molar-refractivity contribution in [3.8, 4) is 0 Å². The fourth-order valence-corrected chi connectivity index (χ4v) is 9.25. The molecule has 5 atom stereocenters. The Morgan fingerprint density at radius 1 is 1.15 bits per heavy atom. The van der Waals surface area contributed by atoms with Crippen molar-refractivity contribution < 1.29 is 97.6 Å². The van der Waals surface area contributed by atoms with Crippen molar-refractivity contribution in [1.29, 1.82) is 0 Å². The van der Waals surface area contributed by atoms with Gasteiger partial charge in [-0.3, -0.25) is 9.59 Å². The zero-order chi connectivity index (χ0) is 33.2. The third-order valence-electron chi connectivity index (χ3n) is 9.05. The molecule has 2 aromatic rings. The number of carbonyl (C=O) groups excluding carboxylic acids is 3. The minimum Gasteiger partial charge on any atom is -0.545 e. The smallest absolute Gasteiger partial charge is 0.545 e. The first-order chi connectivity index (χ1) is 21.8. The van der Waals surface area contributed by atoms with Gasteiger partial charge in [0.05, 0.1) is 52.2 Å². The molecule has 6 rings (SSSR count). The third kappa shape index (κ3) is 7.13. The van der Waals surface area contributed by atoms with Gasteiger partial charge in [-0.15, -0.1) is 11.8 Å². The molecule has 2 N–H and O–H groups in total. The molecule has 3 fully saturated rings. The molecule has 1 aliphatic carbocycles. The van der Waals surface area contributed by atoms with Gasteiger partial charge in [-0.25, -0.2) is 8.78 Å². The quantitative estimate of drug-likeness (QED) is 0.104. The topological polar surface area (TPSA) is 158 Å². The number of aromatic nitrogens is 1. The average molecular weight is 739 g/mol. The van der Waals surface area contributed by atoms with Crippen LogP contribution in [0, 0.1) is 23.5 Å². The normalized spacial score (nSPS) is 23.7. The monoisotopic (exact) mass is 738 g/mol. The fourth-order valence-electron chi connectivity index (χ4n) is 6.79. The molecule has 1 aromatic heterocycles. The van der Waals surface area contributed by atoms with Crippen LogP contribution in [0.25, 0.3) is 10.9 Å². The number of aliphatic hydroxyl groups is 1. The summed E-state index contributed by atoms with van der Waals surface area (Å²) < 4.78 is 33.2. The van der Waals surface area contributed by atoms with Gasteiger partial charge >= 0.3 is 59.1 Å². The van der Waals surface area contributed by atoms with E-state index < -0.39 is 58.5 Å². The number of aromatic carboxylic acids is 1. The van der Waals surface area contributed by atoms with Crippen LogP contribution in [-0.2, 0) is 9.59 Å².